The number of allylic oxidation sites excluding steroid dienone is 1. The molecular formula is C5H7FO3S. The van der Waals surface area contributed by atoms with Gasteiger partial charge < -0.3 is 0 Å². The summed E-state index contributed by atoms with van der Waals surface area (Å²) >= 11 is 0. The first-order valence-corrected chi connectivity index (χ1v) is 4.29. The summed E-state index contributed by atoms with van der Waals surface area (Å²) in [7, 11) is -4.00. The summed E-state index contributed by atoms with van der Waals surface area (Å²) in [5.74, 6) is 0. The third kappa shape index (κ3) is 1.54. The van der Waals surface area contributed by atoms with Crippen molar-refractivity contribution in [3.8, 4) is 0 Å². The maximum Gasteiger partial charge on any atom is 0.323 e. The highest BCUT2D eigenvalue weighted by molar-refractivity contribution is 7.90. The van der Waals surface area contributed by atoms with Crippen LogP contribution in [0.3, 0.4) is 0 Å². The monoisotopic (exact) mass is 166 g/mol. The number of halogens is 1. The van der Waals surface area contributed by atoms with Gasteiger partial charge >= 0.3 is 10.1 Å². The predicted octanol–water partition coefficient (Wildman–Crippen LogP) is 0.938. The fourth-order valence-electron chi connectivity index (χ4n) is 0.626. The summed E-state index contributed by atoms with van der Waals surface area (Å²) in [5, 5.41) is -1.16. The summed E-state index contributed by atoms with van der Waals surface area (Å²) in [6.07, 6.45) is 2.00. The summed E-state index contributed by atoms with van der Waals surface area (Å²) in [6.45, 7) is 0.0756. The van der Waals surface area contributed by atoms with Gasteiger partial charge in [-0.05, 0) is 18.9 Å². The third-order valence-corrected chi connectivity index (χ3v) is 2.25. The Morgan fingerprint density at radius 2 is 2.30 bits per heavy atom. The van der Waals surface area contributed by atoms with Crippen LogP contribution in [-0.4, -0.2) is 15.0 Å². The molecule has 0 radical (unpaired) electrons. The van der Waals surface area contributed by atoms with Gasteiger partial charge in [-0.1, -0.05) is 0 Å². The normalized spacial score (nSPS) is 25.1. The van der Waals surface area contributed by atoms with Crippen LogP contribution in [0.4, 0.5) is 4.39 Å². The molecule has 58 valence electrons. The molecule has 10 heavy (non-hydrogen) atoms. The van der Waals surface area contributed by atoms with Gasteiger partial charge in [0.25, 0.3) is 0 Å². The average molecular weight is 166 g/mol. The lowest BCUT2D eigenvalue weighted by Crippen LogP contribution is -2.04. The van der Waals surface area contributed by atoms with Gasteiger partial charge in [-0.15, -0.1) is 0 Å². The molecule has 0 aliphatic carbocycles. The van der Waals surface area contributed by atoms with Crippen molar-refractivity contribution in [2.24, 2.45) is 0 Å². The van der Waals surface area contributed by atoms with Crippen LogP contribution in [0.1, 0.15) is 12.8 Å². The molecule has 0 saturated heterocycles. The minimum absolute atomic E-state index is 0.0756. The van der Waals surface area contributed by atoms with E-state index in [-0.39, 0.29) is 6.61 Å². The summed E-state index contributed by atoms with van der Waals surface area (Å²) in [5.41, 5.74) is 0. The largest absolute Gasteiger partial charge is 0.323 e. The van der Waals surface area contributed by atoms with E-state index in [4.69, 9.17) is 0 Å². The molecule has 0 saturated carbocycles. The van der Waals surface area contributed by atoms with Crippen LogP contribution in [0.25, 0.3) is 0 Å². The zero-order valence-corrected chi connectivity index (χ0v) is 6.03. The lowest BCUT2D eigenvalue weighted by molar-refractivity contribution is 0.317. The van der Waals surface area contributed by atoms with E-state index in [9.17, 15) is 12.8 Å². The number of rotatable bonds is 0. The zero-order chi connectivity index (χ0) is 7.61. The molecule has 0 bridgehead atoms. The molecule has 0 atom stereocenters. The fourth-order valence-corrected chi connectivity index (χ4v) is 1.40. The van der Waals surface area contributed by atoms with Crippen LogP contribution < -0.4 is 0 Å². The summed E-state index contributed by atoms with van der Waals surface area (Å²) in [4.78, 5) is 0. The number of hydrogen-bond donors (Lipinski definition) is 0. The van der Waals surface area contributed by atoms with Gasteiger partial charge in [-0.2, -0.15) is 12.8 Å². The van der Waals surface area contributed by atoms with Crippen molar-refractivity contribution < 1.29 is 17.0 Å². The van der Waals surface area contributed by atoms with E-state index in [1.54, 1.807) is 0 Å². The van der Waals surface area contributed by atoms with E-state index >= 15 is 0 Å². The van der Waals surface area contributed by atoms with Gasteiger partial charge in [0, 0.05) is 0 Å². The molecule has 0 fully saturated rings. The predicted molar refractivity (Wildman–Crippen MR) is 33.3 cm³/mol. The van der Waals surface area contributed by atoms with Crippen molar-refractivity contribution >= 4 is 10.1 Å². The maximum atomic E-state index is 12.4. The van der Waals surface area contributed by atoms with Crippen molar-refractivity contribution in [2.45, 2.75) is 12.8 Å². The second kappa shape index (κ2) is 2.67. The van der Waals surface area contributed by atoms with Crippen LogP contribution in [0.15, 0.2) is 11.2 Å². The SMILES string of the molecule is O=S1(=O)OCCCC=C1F. The summed E-state index contributed by atoms with van der Waals surface area (Å²) < 4.78 is 37.7. The van der Waals surface area contributed by atoms with E-state index in [2.05, 4.69) is 4.18 Å². The van der Waals surface area contributed by atoms with Gasteiger partial charge in [0.1, 0.15) is 0 Å². The second-order valence-corrected chi connectivity index (χ2v) is 3.46. The Kier molecular flexibility index (Phi) is 2.05. The molecule has 0 aromatic rings. The molecule has 1 rings (SSSR count). The highest BCUT2D eigenvalue weighted by atomic mass is 32.2. The van der Waals surface area contributed by atoms with Gasteiger partial charge in [-0.3, -0.25) is 4.18 Å². The Morgan fingerprint density at radius 3 is 3.00 bits per heavy atom. The molecular weight excluding hydrogens is 159 g/mol. The Bertz CT molecular complexity index is 242. The molecule has 1 heterocycles. The first-order chi connectivity index (χ1) is 4.63. The van der Waals surface area contributed by atoms with Crippen LogP contribution in [0.2, 0.25) is 0 Å². The van der Waals surface area contributed by atoms with Gasteiger partial charge in [0.05, 0.1) is 6.61 Å². The van der Waals surface area contributed by atoms with Crippen LogP contribution in [0, 0.1) is 0 Å². The quantitative estimate of drug-likeness (QED) is 0.503. The highest BCUT2D eigenvalue weighted by Gasteiger charge is 2.19. The Balaban J connectivity index is 2.92. The first-order valence-electron chi connectivity index (χ1n) is 2.88. The van der Waals surface area contributed by atoms with E-state index in [0.717, 1.165) is 6.08 Å². The van der Waals surface area contributed by atoms with Crippen molar-refractivity contribution in [1.82, 2.24) is 0 Å². The van der Waals surface area contributed by atoms with Crippen LogP contribution in [-0.2, 0) is 14.3 Å². The zero-order valence-electron chi connectivity index (χ0n) is 5.21. The van der Waals surface area contributed by atoms with E-state index in [1.807, 2.05) is 0 Å². The maximum absolute atomic E-state index is 12.4. The van der Waals surface area contributed by atoms with Crippen molar-refractivity contribution in [3.63, 3.8) is 0 Å². The van der Waals surface area contributed by atoms with Crippen molar-refractivity contribution in [2.75, 3.05) is 6.61 Å². The number of hydrogen-bond acceptors (Lipinski definition) is 3. The molecule has 0 unspecified atom stereocenters. The van der Waals surface area contributed by atoms with Gasteiger partial charge in [0.2, 0.25) is 5.16 Å². The fraction of sp³-hybridized carbons (Fsp3) is 0.600. The Labute approximate surface area is 58.6 Å². The molecule has 1 aliphatic rings. The standard InChI is InChI=1S/C5H7FO3S/c6-5-3-1-2-4-9-10(5,7)8/h3H,1-2,4H2. The molecule has 5 heteroatoms. The molecule has 0 amide bonds. The minimum Gasteiger partial charge on any atom is -0.265 e. The highest BCUT2D eigenvalue weighted by Crippen LogP contribution is 2.16. The second-order valence-electron chi connectivity index (χ2n) is 1.93. The molecule has 0 N–H and O–H groups in total. The van der Waals surface area contributed by atoms with Crippen molar-refractivity contribution in [3.05, 3.63) is 11.2 Å². The van der Waals surface area contributed by atoms with Gasteiger partial charge in [-0.25, -0.2) is 0 Å². The molecule has 0 spiro atoms. The van der Waals surface area contributed by atoms with E-state index < -0.39 is 15.3 Å². The smallest absolute Gasteiger partial charge is 0.265 e. The lowest BCUT2D eigenvalue weighted by atomic mass is 10.3. The third-order valence-electron chi connectivity index (χ3n) is 1.13. The average Bonchev–Trinajstić information content (AvgIpc) is 1.96. The Hall–Kier alpha value is -0.420. The Morgan fingerprint density at radius 1 is 1.60 bits per heavy atom. The molecule has 0 aromatic heterocycles. The van der Waals surface area contributed by atoms with Crippen LogP contribution in [0.5, 0.6) is 0 Å². The first kappa shape index (κ1) is 7.68. The lowest BCUT2D eigenvalue weighted by Gasteiger charge is -1.96. The van der Waals surface area contributed by atoms with Gasteiger partial charge in [0.15, 0.2) is 0 Å². The molecule has 3 nitrogen and oxygen atoms in total. The molecule has 1 aliphatic heterocycles. The molecule has 0 aromatic carbocycles. The minimum atomic E-state index is -4.00. The van der Waals surface area contributed by atoms with Crippen LogP contribution >= 0.6 is 0 Å². The van der Waals surface area contributed by atoms with Crippen molar-refractivity contribution in [1.29, 1.82) is 0 Å². The van der Waals surface area contributed by atoms with E-state index in [1.165, 1.54) is 0 Å². The topological polar surface area (TPSA) is 43.4 Å². The summed E-state index contributed by atoms with van der Waals surface area (Å²) in [6, 6.07) is 0. The van der Waals surface area contributed by atoms with E-state index in [0.29, 0.717) is 12.8 Å².